The van der Waals surface area contributed by atoms with Crippen LogP contribution in [-0.4, -0.2) is 44.5 Å². The highest BCUT2D eigenvalue weighted by Crippen LogP contribution is 2.05. The van der Waals surface area contributed by atoms with Crippen molar-refractivity contribution in [3.63, 3.8) is 0 Å². The molecule has 6 heteroatoms. The van der Waals surface area contributed by atoms with Gasteiger partial charge >= 0.3 is 0 Å². The first kappa shape index (κ1) is 14.5. The summed E-state index contributed by atoms with van der Waals surface area (Å²) in [6.45, 7) is 2.38. The molecule has 1 aromatic carbocycles. The molecule has 3 N–H and O–H groups in total. The topological polar surface area (TPSA) is 62.6 Å². The molecule has 2 rings (SSSR count). The Morgan fingerprint density at radius 2 is 2.20 bits per heavy atom. The van der Waals surface area contributed by atoms with Gasteiger partial charge in [0.05, 0.1) is 13.1 Å². The predicted octanol–water partition coefficient (Wildman–Crippen LogP) is -1.50. The van der Waals surface area contributed by atoms with E-state index in [4.69, 9.17) is 0 Å². The number of hydrogen-bond donors (Lipinski definition) is 3. The van der Waals surface area contributed by atoms with Gasteiger partial charge in [-0.1, -0.05) is 18.2 Å². The zero-order valence-electron chi connectivity index (χ0n) is 11.2. The van der Waals surface area contributed by atoms with Crippen LogP contribution in [0.1, 0.15) is 5.56 Å². The minimum absolute atomic E-state index is 0.0228. The van der Waals surface area contributed by atoms with Gasteiger partial charge in [0.1, 0.15) is 5.82 Å². The number of benzene rings is 1. The van der Waals surface area contributed by atoms with E-state index in [1.54, 1.807) is 18.2 Å². The Morgan fingerprint density at radius 3 is 2.95 bits per heavy atom. The third-order valence-corrected chi connectivity index (χ3v) is 3.30. The lowest BCUT2D eigenvalue weighted by atomic mass is 10.1. The molecule has 0 saturated carbocycles. The fourth-order valence-electron chi connectivity index (χ4n) is 2.23. The Balaban J connectivity index is 1.70. The molecule has 20 heavy (non-hydrogen) atoms. The van der Waals surface area contributed by atoms with Crippen molar-refractivity contribution in [2.24, 2.45) is 0 Å². The lowest BCUT2D eigenvalue weighted by molar-refractivity contribution is -0.885. The number of hydrogen-bond acceptors (Lipinski definition) is 2. The number of quaternary nitrogens is 1. The molecule has 0 radical (unpaired) electrons. The van der Waals surface area contributed by atoms with Gasteiger partial charge in [-0.3, -0.25) is 9.59 Å². The summed E-state index contributed by atoms with van der Waals surface area (Å²) in [5.41, 5.74) is 0.595. The van der Waals surface area contributed by atoms with Crippen molar-refractivity contribution in [3.8, 4) is 0 Å². The van der Waals surface area contributed by atoms with Gasteiger partial charge in [-0.15, -0.1) is 0 Å². The van der Waals surface area contributed by atoms with E-state index in [0.717, 1.165) is 11.4 Å². The van der Waals surface area contributed by atoms with Crippen molar-refractivity contribution >= 4 is 11.8 Å². The van der Waals surface area contributed by atoms with E-state index in [9.17, 15) is 14.0 Å². The molecule has 2 amide bonds. The van der Waals surface area contributed by atoms with Crippen LogP contribution in [0.3, 0.4) is 0 Å². The molecule has 108 valence electrons. The van der Waals surface area contributed by atoms with Gasteiger partial charge in [0.2, 0.25) is 0 Å². The SMILES string of the molecule is O=C(C[NH+]1CCNC(=O)C1)NCCc1ccccc1F. The lowest BCUT2D eigenvalue weighted by Gasteiger charge is -2.22. The van der Waals surface area contributed by atoms with Crippen LogP contribution in [0.5, 0.6) is 0 Å². The zero-order chi connectivity index (χ0) is 14.4. The van der Waals surface area contributed by atoms with Crippen LogP contribution in [0.2, 0.25) is 0 Å². The highest BCUT2D eigenvalue weighted by atomic mass is 19.1. The van der Waals surface area contributed by atoms with Gasteiger partial charge in [-0.25, -0.2) is 4.39 Å². The molecule has 0 bridgehead atoms. The summed E-state index contributed by atoms with van der Waals surface area (Å²) in [7, 11) is 0. The van der Waals surface area contributed by atoms with Crippen molar-refractivity contribution in [2.45, 2.75) is 6.42 Å². The quantitative estimate of drug-likeness (QED) is 0.615. The van der Waals surface area contributed by atoms with Gasteiger partial charge < -0.3 is 15.5 Å². The Kier molecular flexibility index (Phi) is 5.06. The van der Waals surface area contributed by atoms with E-state index in [-0.39, 0.29) is 24.2 Å². The molecule has 1 atom stereocenters. The molecule has 0 aliphatic carbocycles. The van der Waals surface area contributed by atoms with Crippen LogP contribution in [0.15, 0.2) is 24.3 Å². The van der Waals surface area contributed by atoms with Gasteiger partial charge in [0, 0.05) is 6.54 Å². The molecule has 1 heterocycles. The van der Waals surface area contributed by atoms with E-state index >= 15 is 0 Å². The molecule has 1 aliphatic rings. The smallest absolute Gasteiger partial charge is 0.275 e. The van der Waals surface area contributed by atoms with Crippen molar-refractivity contribution in [2.75, 3.05) is 32.7 Å². The monoisotopic (exact) mass is 280 g/mol. The first-order valence-corrected chi connectivity index (χ1v) is 6.75. The van der Waals surface area contributed by atoms with Crippen LogP contribution in [0.4, 0.5) is 4.39 Å². The normalized spacial score (nSPS) is 18.4. The number of amides is 2. The fraction of sp³-hybridized carbons (Fsp3) is 0.429. The number of nitrogens with one attached hydrogen (secondary N) is 3. The van der Waals surface area contributed by atoms with Crippen LogP contribution in [0.25, 0.3) is 0 Å². The Hall–Kier alpha value is -1.95. The molecule has 1 fully saturated rings. The summed E-state index contributed by atoms with van der Waals surface area (Å²) in [5.74, 6) is -0.378. The number of piperazine rings is 1. The number of halogens is 1. The van der Waals surface area contributed by atoms with Crippen molar-refractivity contribution in [1.29, 1.82) is 0 Å². The molecule has 1 aromatic rings. The molecular formula is C14H19FN3O2+. The lowest BCUT2D eigenvalue weighted by Crippen LogP contribution is -3.16. The average Bonchev–Trinajstić information content (AvgIpc) is 2.41. The molecule has 0 aromatic heterocycles. The molecule has 0 spiro atoms. The highest BCUT2D eigenvalue weighted by molar-refractivity contribution is 5.79. The summed E-state index contributed by atoms with van der Waals surface area (Å²) in [6, 6.07) is 6.54. The third kappa shape index (κ3) is 4.31. The second-order valence-corrected chi connectivity index (χ2v) is 4.89. The van der Waals surface area contributed by atoms with Crippen LogP contribution in [0, 0.1) is 5.82 Å². The Bertz CT molecular complexity index is 493. The summed E-state index contributed by atoms with van der Waals surface area (Å²) in [6.07, 6.45) is 0.467. The van der Waals surface area contributed by atoms with Gasteiger partial charge in [0.25, 0.3) is 11.8 Å². The van der Waals surface area contributed by atoms with Crippen LogP contribution in [-0.2, 0) is 16.0 Å². The number of carbonyl (C=O) groups excluding carboxylic acids is 2. The second-order valence-electron chi connectivity index (χ2n) is 4.89. The van der Waals surface area contributed by atoms with Crippen LogP contribution >= 0.6 is 0 Å². The fourth-order valence-corrected chi connectivity index (χ4v) is 2.23. The van der Waals surface area contributed by atoms with E-state index in [2.05, 4.69) is 10.6 Å². The van der Waals surface area contributed by atoms with Crippen molar-refractivity contribution in [1.82, 2.24) is 10.6 Å². The van der Waals surface area contributed by atoms with Gasteiger partial charge in [-0.05, 0) is 18.1 Å². The predicted molar refractivity (Wildman–Crippen MR) is 71.7 cm³/mol. The Morgan fingerprint density at radius 1 is 1.40 bits per heavy atom. The van der Waals surface area contributed by atoms with Gasteiger partial charge in [0.15, 0.2) is 13.1 Å². The van der Waals surface area contributed by atoms with Crippen molar-refractivity contribution < 1.29 is 18.9 Å². The first-order chi connectivity index (χ1) is 9.65. The molecule has 1 aliphatic heterocycles. The summed E-state index contributed by atoms with van der Waals surface area (Å²) >= 11 is 0. The average molecular weight is 280 g/mol. The van der Waals surface area contributed by atoms with E-state index in [1.165, 1.54) is 6.07 Å². The molecule has 1 unspecified atom stereocenters. The van der Waals surface area contributed by atoms with E-state index in [1.807, 2.05) is 0 Å². The van der Waals surface area contributed by atoms with E-state index in [0.29, 0.717) is 31.6 Å². The number of carbonyl (C=O) groups is 2. The summed E-state index contributed by atoms with van der Waals surface area (Å²) in [4.78, 5) is 23.9. The second kappa shape index (κ2) is 7.00. The van der Waals surface area contributed by atoms with Crippen molar-refractivity contribution in [3.05, 3.63) is 35.6 Å². The summed E-state index contributed by atoms with van der Waals surface area (Å²) < 4.78 is 13.4. The summed E-state index contributed by atoms with van der Waals surface area (Å²) in [5, 5.41) is 5.49. The molecule has 5 nitrogen and oxygen atoms in total. The third-order valence-electron chi connectivity index (χ3n) is 3.30. The highest BCUT2D eigenvalue weighted by Gasteiger charge is 2.21. The van der Waals surface area contributed by atoms with Crippen LogP contribution < -0.4 is 15.5 Å². The Labute approximate surface area is 117 Å². The standard InChI is InChI=1S/C14H18FN3O2/c15-12-4-2-1-3-11(12)5-6-16-13(19)9-18-8-7-17-14(20)10-18/h1-4H,5-10H2,(H,16,19)(H,17,20)/p+1. The maximum Gasteiger partial charge on any atom is 0.275 e. The minimum Gasteiger partial charge on any atom is -0.351 e. The maximum absolute atomic E-state index is 13.4. The first-order valence-electron chi connectivity index (χ1n) is 6.75. The maximum atomic E-state index is 13.4. The molecular weight excluding hydrogens is 261 g/mol. The van der Waals surface area contributed by atoms with E-state index < -0.39 is 0 Å². The van der Waals surface area contributed by atoms with Gasteiger partial charge in [-0.2, -0.15) is 0 Å². The number of rotatable bonds is 5. The largest absolute Gasteiger partial charge is 0.351 e. The zero-order valence-corrected chi connectivity index (χ0v) is 11.2. The molecule has 1 saturated heterocycles. The minimum atomic E-state index is -0.250.